The average Bonchev–Trinajstić information content (AvgIpc) is 3.47. The third-order valence-corrected chi connectivity index (χ3v) is 10.4. The minimum atomic E-state index is -3.49. The van der Waals surface area contributed by atoms with E-state index >= 15 is 0 Å². The number of hydrogen-bond donors (Lipinski definition) is 0. The number of carbonyl (C=O) groups is 1. The fraction of sp³-hybridized carbons (Fsp3) is 0.600. The summed E-state index contributed by atoms with van der Waals surface area (Å²) in [6, 6.07) is 1.81. The summed E-state index contributed by atoms with van der Waals surface area (Å²) in [5.41, 5.74) is 1.51. The van der Waals surface area contributed by atoms with Gasteiger partial charge in [-0.3, -0.25) is 4.79 Å². The van der Waals surface area contributed by atoms with E-state index in [1.807, 2.05) is 17.2 Å². The van der Waals surface area contributed by atoms with Crippen LogP contribution in [0.15, 0.2) is 15.7 Å². The highest BCUT2D eigenvalue weighted by molar-refractivity contribution is 7.91. The van der Waals surface area contributed by atoms with Crippen molar-refractivity contribution in [1.29, 1.82) is 0 Å². The van der Waals surface area contributed by atoms with E-state index < -0.39 is 10.0 Å². The Bertz CT molecular complexity index is 990. The van der Waals surface area contributed by atoms with Gasteiger partial charge in [0.25, 0.3) is 15.9 Å². The van der Waals surface area contributed by atoms with Crippen molar-refractivity contribution in [2.24, 2.45) is 0 Å². The number of amides is 1. The maximum atomic E-state index is 13.2. The van der Waals surface area contributed by atoms with Crippen LogP contribution in [0.1, 0.15) is 60.8 Å². The van der Waals surface area contributed by atoms with Crippen molar-refractivity contribution in [3.8, 4) is 10.6 Å². The minimum Gasteiger partial charge on any atom is -0.338 e. The molecule has 0 N–H and O–H groups in total. The number of carbonyl (C=O) groups excluding carboxylic acids is 1. The summed E-state index contributed by atoms with van der Waals surface area (Å²) < 4.78 is 28.5. The minimum absolute atomic E-state index is 0.0472. The third-order valence-electron chi connectivity index (χ3n) is 5.81. The van der Waals surface area contributed by atoms with E-state index in [4.69, 9.17) is 0 Å². The Morgan fingerprint density at radius 2 is 1.93 bits per heavy atom. The molecule has 2 aliphatic rings. The number of aryl methyl sites for hydroxylation is 1. The molecule has 2 aromatic heterocycles. The summed E-state index contributed by atoms with van der Waals surface area (Å²) in [4.78, 5) is 19.9. The van der Waals surface area contributed by atoms with Crippen LogP contribution in [0.2, 0.25) is 0 Å². The molecule has 9 heteroatoms. The molecule has 0 aromatic carbocycles. The van der Waals surface area contributed by atoms with Crippen LogP contribution in [-0.4, -0.2) is 54.2 Å². The molecule has 1 amide bonds. The highest BCUT2D eigenvalue weighted by Crippen LogP contribution is 2.36. The predicted molar refractivity (Wildman–Crippen MR) is 117 cm³/mol. The van der Waals surface area contributed by atoms with Crippen LogP contribution >= 0.6 is 22.7 Å². The van der Waals surface area contributed by atoms with Crippen molar-refractivity contribution in [1.82, 2.24) is 14.2 Å². The molecule has 6 nitrogen and oxygen atoms in total. The quantitative estimate of drug-likeness (QED) is 0.674. The number of likely N-dealkylation sites (tertiary alicyclic amines) is 1. The number of rotatable bonds is 5. The molecule has 2 aromatic rings. The first kappa shape index (κ1) is 21.0. The molecule has 0 spiro atoms. The van der Waals surface area contributed by atoms with Crippen molar-refractivity contribution in [3.63, 3.8) is 0 Å². The second kappa shape index (κ2) is 8.45. The van der Waals surface area contributed by atoms with E-state index in [-0.39, 0.29) is 11.9 Å². The summed E-state index contributed by atoms with van der Waals surface area (Å²) in [6.07, 6.45) is 5.88. The first-order chi connectivity index (χ1) is 13.9. The van der Waals surface area contributed by atoms with Crippen molar-refractivity contribution < 1.29 is 13.2 Å². The maximum absolute atomic E-state index is 13.2. The van der Waals surface area contributed by atoms with Gasteiger partial charge >= 0.3 is 0 Å². The number of thiophene rings is 1. The lowest BCUT2D eigenvalue weighted by Crippen LogP contribution is -2.42. The zero-order valence-electron chi connectivity index (χ0n) is 16.9. The van der Waals surface area contributed by atoms with Gasteiger partial charge in [-0.2, -0.15) is 4.31 Å². The zero-order valence-corrected chi connectivity index (χ0v) is 19.3. The lowest BCUT2D eigenvalue weighted by Gasteiger charge is -2.33. The van der Waals surface area contributed by atoms with Crippen LogP contribution in [0.25, 0.3) is 10.6 Å². The molecule has 2 fully saturated rings. The molecule has 29 heavy (non-hydrogen) atoms. The zero-order chi connectivity index (χ0) is 20.6. The summed E-state index contributed by atoms with van der Waals surface area (Å²) in [5.74, 6) is 0.0472. The Morgan fingerprint density at radius 3 is 2.66 bits per heavy atom. The molecule has 158 valence electrons. The topological polar surface area (TPSA) is 70.6 Å². The summed E-state index contributed by atoms with van der Waals surface area (Å²) >= 11 is 2.62. The van der Waals surface area contributed by atoms with Crippen molar-refractivity contribution >= 4 is 38.6 Å². The fourth-order valence-corrected chi connectivity index (χ4v) is 8.32. The maximum Gasteiger partial charge on any atom is 0.265 e. The van der Waals surface area contributed by atoms with Gasteiger partial charge in [0.2, 0.25) is 0 Å². The van der Waals surface area contributed by atoms with E-state index in [1.165, 1.54) is 22.7 Å². The van der Waals surface area contributed by atoms with E-state index in [2.05, 4.69) is 11.9 Å². The molecule has 2 aliphatic heterocycles. The summed E-state index contributed by atoms with van der Waals surface area (Å²) in [5, 5.41) is 2.56. The van der Waals surface area contributed by atoms with Crippen LogP contribution in [-0.2, 0) is 10.0 Å². The van der Waals surface area contributed by atoms with Gasteiger partial charge in [-0.05, 0) is 45.1 Å². The van der Waals surface area contributed by atoms with Crippen molar-refractivity contribution in [2.75, 3.05) is 19.6 Å². The number of sulfonamides is 1. The first-order valence-electron chi connectivity index (χ1n) is 10.3. The monoisotopic (exact) mass is 453 g/mol. The highest BCUT2D eigenvalue weighted by atomic mass is 32.2. The molecule has 1 unspecified atom stereocenters. The lowest BCUT2D eigenvalue weighted by molar-refractivity contribution is 0.0796. The van der Waals surface area contributed by atoms with E-state index in [0.717, 1.165) is 62.9 Å². The van der Waals surface area contributed by atoms with E-state index in [1.54, 1.807) is 10.4 Å². The molecule has 0 saturated carbocycles. The normalized spacial score (nSPS) is 21.0. The van der Waals surface area contributed by atoms with Crippen molar-refractivity contribution in [3.05, 3.63) is 22.0 Å². The SMILES string of the molecule is CCC1CCCCN1S(=O)(=O)c1cc(-c2nc(C)c(C(=O)N3CCCC3)s2)cs1. The molecule has 2 saturated heterocycles. The number of aromatic nitrogens is 1. The van der Waals surface area contributed by atoms with Crippen LogP contribution in [0.3, 0.4) is 0 Å². The molecular formula is C20H27N3O3S3. The Balaban J connectivity index is 1.59. The number of nitrogens with zero attached hydrogens (tertiary/aromatic N) is 3. The van der Waals surface area contributed by atoms with Gasteiger partial charge in [0.1, 0.15) is 14.1 Å². The second-order valence-corrected chi connectivity index (χ2v) is 11.8. The molecule has 0 bridgehead atoms. The fourth-order valence-electron chi connectivity index (χ4n) is 4.16. The number of piperidine rings is 1. The van der Waals surface area contributed by atoms with Gasteiger partial charge in [0, 0.05) is 36.6 Å². The van der Waals surface area contributed by atoms with Gasteiger partial charge < -0.3 is 4.90 Å². The summed E-state index contributed by atoms with van der Waals surface area (Å²) in [6.45, 7) is 6.11. The Morgan fingerprint density at radius 1 is 1.21 bits per heavy atom. The van der Waals surface area contributed by atoms with Gasteiger partial charge in [-0.15, -0.1) is 22.7 Å². The molecule has 4 rings (SSSR count). The molecular weight excluding hydrogens is 426 g/mol. The van der Waals surface area contributed by atoms with Gasteiger partial charge in [0.05, 0.1) is 5.69 Å². The van der Waals surface area contributed by atoms with Crippen LogP contribution < -0.4 is 0 Å². The van der Waals surface area contributed by atoms with E-state index in [9.17, 15) is 13.2 Å². The molecule has 0 radical (unpaired) electrons. The number of hydrogen-bond acceptors (Lipinski definition) is 6. The van der Waals surface area contributed by atoms with E-state index in [0.29, 0.717) is 20.6 Å². The van der Waals surface area contributed by atoms with Crippen LogP contribution in [0, 0.1) is 6.92 Å². The molecule has 4 heterocycles. The molecule has 0 aliphatic carbocycles. The lowest BCUT2D eigenvalue weighted by atomic mass is 10.0. The van der Waals surface area contributed by atoms with Gasteiger partial charge in [-0.1, -0.05) is 13.3 Å². The Hall–Kier alpha value is -1.29. The third kappa shape index (κ3) is 4.02. The highest BCUT2D eigenvalue weighted by Gasteiger charge is 2.34. The average molecular weight is 454 g/mol. The standard InChI is InChI=1S/C20H27N3O3S3/c1-3-16-8-4-5-11-23(16)29(25,26)17-12-15(13-27-17)19-21-14(2)18(28-19)20(24)22-9-6-7-10-22/h12-13,16H,3-11H2,1-2H3. The van der Waals surface area contributed by atoms with Crippen LogP contribution in [0.5, 0.6) is 0 Å². The Labute approximate surface area is 180 Å². The summed E-state index contributed by atoms with van der Waals surface area (Å²) in [7, 11) is -3.49. The van der Waals surface area contributed by atoms with Gasteiger partial charge in [0.15, 0.2) is 0 Å². The first-order valence-corrected chi connectivity index (χ1v) is 13.4. The van der Waals surface area contributed by atoms with Crippen molar-refractivity contribution in [2.45, 2.75) is 62.6 Å². The molecule has 1 atom stereocenters. The second-order valence-electron chi connectivity index (χ2n) is 7.76. The largest absolute Gasteiger partial charge is 0.338 e. The Kier molecular flexibility index (Phi) is 6.11. The predicted octanol–water partition coefficient (Wildman–Crippen LogP) is 4.37. The smallest absolute Gasteiger partial charge is 0.265 e. The number of thiazole rings is 1. The van der Waals surface area contributed by atoms with Crippen LogP contribution in [0.4, 0.5) is 0 Å². The van der Waals surface area contributed by atoms with Gasteiger partial charge in [-0.25, -0.2) is 13.4 Å².